The Bertz CT molecular complexity index is 1120. The van der Waals surface area contributed by atoms with Crippen molar-refractivity contribution in [3.05, 3.63) is 24.8 Å². The van der Waals surface area contributed by atoms with Gasteiger partial charge in [-0.2, -0.15) is 23.5 Å². The summed E-state index contributed by atoms with van der Waals surface area (Å²) in [6.07, 6.45) is 13.3. The number of carboxylic acid groups (broad SMARTS) is 1. The van der Waals surface area contributed by atoms with Gasteiger partial charge in [0.15, 0.2) is 0 Å². The smallest absolute Gasteiger partial charge is 0.329 e. The third-order valence-corrected chi connectivity index (χ3v) is 13.5. The van der Waals surface area contributed by atoms with Crippen LogP contribution in [0.25, 0.3) is 0 Å². The van der Waals surface area contributed by atoms with Crippen LogP contribution in [0.1, 0.15) is 58.3 Å². The average Bonchev–Trinajstić information content (AvgIpc) is 3.08. The molecule has 0 radical (unpaired) electrons. The second-order valence-electron chi connectivity index (χ2n) is 11.1. The molecule has 1 rings (SSSR count). The summed E-state index contributed by atoms with van der Waals surface area (Å²) in [5, 5.41) is 20.4. The fourth-order valence-electron chi connectivity index (χ4n) is 4.20. The summed E-state index contributed by atoms with van der Waals surface area (Å²) in [5.74, 6) is -0.942. The molecule has 0 fully saturated rings. The molecule has 1 unspecified atom stereocenters. The Kier molecular flexibility index (Phi) is 26.9. The number of amides is 4. The zero-order chi connectivity index (χ0) is 37.1. The van der Waals surface area contributed by atoms with Gasteiger partial charge in [-0.15, -0.1) is 6.58 Å². The first-order chi connectivity index (χ1) is 24.1. The summed E-state index contributed by atoms with van der Waals surface area (Å²) >= 11 is 3.08. The topological polar surface area (TPSA) is 180 Å². The zero-order valence-corrected chi connectivity index (χ0v) is 33.9. The number of rotatable bonds is 21. The number of carboxylic acids is 1. The maximum Gasteiger partial charge on any atom is 0.329 e. The summed E-state index contributed by atoms with van der Waals surface area (Å²) < 4.78 is 5.68. The Morgan fingerprint density at radius 2 is 1.82 bits per heavy atom. The molecule has 0 aromatic carbocycles. The van der Waals surface area contributed by atoms with E-state index in [-0.39, 0.29) is 48.0 Å². The number of thioether (sulfide) groups is 2. The molecule has 18 heteroatoms. The highest BCUT2D eigenvalue weighted by Crippen LogP contribution is 2.30. The first-order valence-electron chi connectivity index (χ1n) is 16.4. The number of carbonyl (C=O) groups excluding carboxylic acids is 5. The third kappa shape index (κ3) is 21.1. The molecule has 1 aliphatic rings. The van der Waals surface area contributed by atoms with Gasteiger partial charge in [-0.25, -0.2) is 9.59 Å². The van der Waals surface area contributed by atoms with Gasteiger partial charge in [-0.1, -0.05) is 68.3 Å². The van der Waals surface area contributed by atoms with Gasteiger partial charge in [0.05, 0.1) is 5.25 Å². The summed E-state index contributed by atoms with van der Waals surface area (Å²) in [7, 11) is 5.57. The molecule has 0 spiro atoms. The van der Waals surface area contributed by atoms with Crippen molar-refractivity contribution in [2.45, 2.75) is 87.7 Å². The molecule has 5 atom stereocenters. The average molecular weight is 813 g/mol. The SMILES string of the molecule is C=CCC(COC(=O)[C@H]1CSSCC/C=C/CCC(=O)N[C@H](CCSC)C(=O)N1)SSC[C@@H](NC(=O)[C@@H](CCSC)NC(=O)CCC)C(=O)O. The van der Waals surface area contributed by atoms with Crippen molar-refractivity contribution in [1.82, 2.24) is 21.3 Å². The lowest BCUT2D eigenvalue weighted by atomic mass is 10.1. The van der Waals surface area contributed by atoms with Gasteiger partial charge in [0.25, 0.3) is 0 Å². The van der Waals surface area contributed by atoms with Crippen molar-refractivity contribution in [3.8, 4) is 0 Å². The largest absolute Gasteiger partial charge is 0.480 e. The Morgan fingerprint density at radius 1 is 1.08 bits per heavy atom. The Labute approximate surface area is 320 Å². The molecule has 0 bridgehead atoms. The summed E-state index contributed by atoms with van der Waals surface area (Å²) in [5.41, 5.74) is 0. The van der Waals surface area contributed by atoms with Crippen LogP contribution < -0.4 is 21.3 Å². The lowest BCUT2D eigenvalue weighted by Gasteiger charge is -2.23. The molecule has 4 amide bonds. The van der Waals surface area contributed by atoms with Crippen LogP contribution >= 0.6 is 66.7 Å². The molecule has 12 nitrogen and oxygen atoms in total. The fourth-order valence-corrected chi connectivity index (χ4v) is 9.88. The molecule has 0 aliphatic carbocycles. The van der Waals surface area contributed by atoms with Gasteiger partial charge < -0.3 is 31.1 Å². The van der Waals surface area contributed by atoms with E-state index in [9.17, 15) is 33.9 Å². The van der Waals surface area contributed by atoms with E-state index in [0.29, 0.717) is 43.6 Å². The highest BCUT2D eigenvalue weighted by molar-refractivity contribution is 8.77. The molecule has 284 valence electrons. The minimum Gasteiger partial charge on any atom is -0.480 e. The van der Waals surface area contributed by atoms with Crippen molar-refractivity contribution in [3.63, 3.8) is 0 Å². The maximum atomic E-state index is 13.3. The van der Waals surface area contributed by atoms with Crippen LogP contribution in [-0.4, -0.2) is 118 Å². The van der Waals surface area contributed by atoms with E-state index >= 15 is 0 Å². The standard InChI is InChI=1S/C32H52N4O8S6/c1-5-11-22(50-49-20-25(31(41)42)35-29(39)23(14-17-45-3)33-27(37)12-6-2)19-44-32(43)26-21-48-47-16-10-8-7-9-13-28(38)34-24(15-18-46-4)30(40)36-26/h5,7-8,22-26H,1,6,9-21H2,2-4H3,(H,33,37)(H,34,38)(H,35,39)(H,36,40)(H,41,42)/b8-7+/t22?,23-,24-,25-,26-/m1/s1. The quantitative estimate of drug-likeness (QED) is 0.0629. The molecular weight excluding hydrogens is 761 g/mol. The van der Waals surface area contributed by atoms with E-state index in [2.05, 4.69) is 27.8 Å². The van der Waals surface area contributed by atoms with Crippen molar-refractivity contribution < 1.29 is 38.6 Å². The van der Waals surface area contributed by atoms with Crippen molar-refractivity contribution >= 4 is 102 Å². The third-order valence-electron chi connectivity index (χ3n) is 6.89. The second-order valence-corrected chi connectivity index (χ2v) is 18.4. The normalized spacial score (nSPS) is 20.0. The number of allylic oxidation sites excluding steroid dienone is 3. The molecule has 0 saturated heterocycles. The molecule has 0 saturated carbocycles. The van der Waals surface area contributed by atoms with Crippen LogP contribution in [0.4, 0.5) is 0 Å². The highest BCUT2D eigenvalue weighted by Gasteiger charge is 2.30. The number of aliphatic carboxylic acids is 1. The van der Waals surface area contributed by atoms with E-state index in [1.165, 1.54) is 44.1 Å². The van der Waals surface area contributed by atoms with Crippen LogP contribution in [0.15, 0.2) is 24.8 Å². The molecule has 0 aromatic heterocycles. The minimum absolute atomic E-state index is 0.0194. The number of esters is 1. The van der Waals surface area contributed by atoms with E-state index in [1.807, 2.05) is 31.6 Å². The van der Waals surface area contributed by atoms with Crippen molar-refractivity contribution in [2.75, 3.05) is 47.9 Å². The van der Waals surface area contributed by atoms with Crippen LogP contribution in [0.2, 0.25) is 0 Å². The van der Waals surface area contributed by atoms with Crippen LogP contribution in [0, 0.1) is 0 Å². The molecule has 1 heterocycles. The second kappa shape index (κ2) is 28.9. The van der Waals surface area contributed by atoms with E-state index in [1.54, 1.807) is 28.6 Å². The summed E-state index contributed by atoms with van der Waals surface area (Å²) in [6.45, 7) is 5.62. The number of nitrogens with one attached hydrogen (secondary N) is 4. The van der Waals surface area contributed by atoms with E-state index < -0.39 is 47.9 Å². The lowest BCUT2D eigenvalue weighted by molar-refractivity contribution is -0.147. The Balaban J connectivity index is 2.87. The molecular formula is C32H52N4O8S6. The first-order valence-corrected chi connectivity index (χ1v) is 24.1. The summed E-state index contributed by atoms with van der Waals surface area (Å²) in [4.78, 5) is 76.3. The minimum atomic E-state index is -1.21. The predicted molar refractivity (Wildman–Crippen MR) is 214 cm³/mol. The van der Waals surface area contributed by atoms with Gasteiger partial charge in [0.1, 0.15) is 30.8 Å². The van der Waals surface area contributed by atoms with Crippen LogP contribution in [-0.2, 0) is 33.5 Å². The van der Waals surface area contributed by atoms with Gasteiger partial charge in [-0.3, -0.25) is 19.2 Å². The van der Waals surface area contributed by atoms with Crippen LogP contribution in [0.5, 0.6) is 0 Å². The maximum absolute atomic E-state index is 13.3. The first kappa shape index (κ1) is 46.4. The van der Waals surface area contributed by atoms with Crippen LogP contribution in [0.3, 0.4) is 0 Å². The predicted octanol–water partition coefficient (Wildman–Crippen LogP) is 4.31. The highest BCUT2D eigenvalue weighted by atomic mass is 33.1. The number of ether oxygens (including phenoxy) is 1. The molecule has 5 N–H and O–H groups in total. The van der Waals surface area contributed by atoms with Crippen molar-refractivity contribution in [2.24, 2.45) is 0 Å². The number of carbonyl (C=O) groups is 6. The van der Waals surface area contributed by atoms with E-state index in [4.69, 9.17) is 4.74 Å². The lowest BCUT2D eigenvalue weighted by Crippen LogP contribution is -2.53. The number of hydrogen-bond donors (Lipinski definition) is 5. The molecule has 1 aliphatic heterocycles. The van der Waals surface area contributed by atoms with Gasteiger partial charge in [-0.05, 0) is 62.5 Å². The van der Waals surface area contributed by atoms with E-state index in [0.717, 1.165) is 12.2 Å². The molecule has 0 aromatic rings. The van der Waals surface area contributed by atoms with Gasteiger partial charge in [0, 0.05) is 30.1 Å². The monoisotopic (exact) mass is 812 g/mol. The van der Waals surface area contributed by atoms with Gasteiger partial charge in [0.2, 0.25) is 23.6 Å². The fraction of sp³-hybridized carbons (Fsp3) is 0.688. The summed E-state index contributed by atoms with van der Waals surface area (Å²) in [6, 6.07) is -3.77. The van der Waals surface area contributed by atoms with Gasteiger partial charge >= 0.3 is 11.9 Å². The number of hydrogen-bond acceptors (Lipinski definition) is 13. The molecule has 50 heavy (non-hydrogen) atoms. The Hall–Kier alpha value is -1.60. The Morgan fingerprint density at radius 3 is 2.50 bits per heavy atom. The van der Waals surface area contributed by atoms with Crippen molar-refractivity contribution in [1.29, 1.82) is 0 Å². The zero-order valence-electron chi connectivity index (χ0n) is 29.0.